The minimum atomic E-state index is 0.540. The van der Waals surface area contributed by atoms with E-state index in [1.54, 1.807) is 0 Å². The van der Waals surface area contributed by atoms with Crippen LogP contribution >= 0.6 is 27.7 Å². The number of thioether (sulfide) groups is 1. The van der Waals surface area contributed by atoms with E-state index in [1.165, 1.54) is 17.8 Å². The van der Waals surface area contributed by atoms with Gasteiger partial charge in [0.2, 0.25) is 0 Å². The van der Waals surface area contributed by atoms with E-state index in [4.69, 9.17) is 4.98 Å². The predicted molar refractivity (Wildman–Crippen MR) is 85.3 cm³/mol. The summed E-state index contributed by atoms with van der Waals surface area (Å²) in [6.07, 6.45) is 2.31. The van der Waals surface area contributed by atoms with Gasteiger partial charge >= 0.3 is 0 Å². The van der Waals surface area contributed by atoms with Crippen molar-refractivity contribution in [2.24, 2.45) is 0 Å². The van der Waals surface area contributed by atoms with Gasteiger partial charge in [-0.15, -0.1) is 11.8 Å². The summed E-state index contributed by atoms with van der Waals surface area (Å²) in [7, 11) is 0. The first-order valence-corrected chi connectivity index (χ1v) is 8.79. The SMILES string of the molecule is CCCSc1nc2c(cc1Br)C[C@@H]1CNC[C@@H](C)N21. The summed E-state index contributed by atoms with van der Waals surface area (Å²) in [6.45, 7) is 6.64. The van der Waals surface area contributed by atoms with Crippen molar-refractivity contribution in [3.05, 3.63) is 16.1 Å². The van der Waals surface area contributed by atoms with Crippen LogP contribution in [-0.2, 0) is 6.42 Å². The molecule has 0 unspecified atom stereocenters. The van der Waals surface area contributed by atoms with E-state index in [0.717, 1.165) is 34.8 Å². The van der Waals surface area contributed by atoms with E-state index in [0.29, 0.717) is 12.1 Å². The summed E-state index contributed by atoms with van der Waals surface area (Å²) in [5.41, 5.74) is 1.40. The van der Waals surface area contributed by atoms with E-state index in [-0.39, 0.29) is 0 Å². The highest BCUT2D eigenvalue weighted by Crippen LogP contribution is 2.38. The quantitative estimate of drug-likeness (QED) is 0.855. The van der Waals surface area contributed by atoms with Crippen LogP contribution in [0.5, 0.6) is 0 Å². The molecule has 2 aliphatic heterocycles. The van der Waals surface area contributed by atoms with Crippen LogP contribution in [0.4, 0.5) is 5.82 Å². The molecular formula is C14H20BrN3S. The highest BCUT2D eigenvalue weighted by molar-refractivity contribution is 9.10. The summed E-state index contributed by atoms with van der Waals surface area (Å²) >= 11 is 5.53. The zero-order chi connectivity index (χ0) is 13.4. The van der Waals surface area contributed by atoms with Crippen LogP contribution in [0, 0.1) is 0 Å². The van der Waals surface area contributed by atoms with Gasteiger partial charge in [-0.3, -0.25) is 0 Å². The number of anilines is 1. The maximum absolute atomic E-state index is 4.94. The lowest BCUT2D eigenvalue weighted by atomic mass is 10.1. The van der Waals surface area contributed by atoms with Gasteiger partial charge in [0.25, 0.3) is 0 Å². The Morgan fingerprint density at radius 3 is 3.16 bits per heavy atom. The van der Waals surface area contributed by atoms with Crippen molar-refractivity contribution in [3.63, 3.8) is 0 Å². The van der Waals surface area contributed by atoms with E-state index >= 15 is 0 Å². The Morgan fingerprint density at radius 1 is 1.53 bits per heavy atom. The molecular weight excluding hydrogens is 322 g/mol. The van der Waals surface area contributed by atoms with Crippen LogP contribution in [0.3, 0.4) is 0 Å². The van der Waals surface area contributed by atoms with Gasteiger partial charge in [0.1, 0.15) is 10.8 Å². The summed E-state index contributed by atoms with van der Waals surface area (Å²) < 4.78 is 1.16. The fourth-order valence-electron chi connectivity index (χ4n) is 3.00. The molecule has 0 radical (unpaired) electrons. The number of fused-ring (bicyclic) bond motifs is 3. The maximum atomic E-state index is 4.94. The zero-order valence-corrected chi connectivity index (χ0v) is 13.9. The summed E-state index contributed by atoms with van der Waals surface area (Å²) in [4.78, 5) is 7.46. The van der Waals surface area contributed by atoms with Crippen molar-refractivity contribution >= 4 is 33.5 Å². The number of nitrogens with one attached hydrogen (secondary N) is 1. The minimum Gasteiger partial charge on any atom is -0.348 e. The number of hydrogen-bond donors (Lipinski definition) is 1. The molecule has 0 bridgehead atoms. The third-order valence-corrected chi connectivity index (χ3v) is 5.89. The molecule has 2 aliphatic rings. The molecule has 0 spiro atoms. The first-order chi connectivity index (χ1) is 9.20. The Balaban J connectivity index is 1.93. The van der Waals surface area contributed by atoms with Crippen molar-refractivity contribution in [1.82, 2.24) is 10.3 Å². The van der Waals surface area contributed by atoms with Crippen LogP contribution in [0.15, 0.2) is 15.6 Å². The standard InChI is InChI=1S/C14H20BrN3S/c1-3-4-19-14-12(15)6-10-5-11-8-16-7-9(2)18(11)13(10)17-14/h6,9,11,16H,3-5,7-8H2,1-2H3/t9-,11-/m1/s1. The van der Waals surface area contributed by atoms with Crippen molar-refractivity contribution in [2.75, 3.05) is 23.7 Å². The van der Waals surface area contributed by atoms with Crippen LogP contribution < -0.4 is 10.2 Å². The van der Waals surface area contributed by atoms with Crippen LogP contribution in [0.1, 0.15) is 25.8 Å². The van der Waals surface area contributed by atoms with Crippen LogP contribution in [-0.4, -0.2) is 35.9 Å². The summed E-state index contributed by atoms with van der Waals surface area (Å²) in [5, 5.41) is 4.66. The highest BCUT2D eigenvalue weighted by Gasteiger charge is 2.36. The Labute approximate surface area is 127 Å². The second kappa shape index (κ2) is 5.62. The van der Waals surface area contributed by atoms with Crippen molar-refractivity contribution in [1.29, 1.82) is 0 Å². The molecule has 0 saturated carbocycles. The molecule has 3 heterocycles. The molecule has 1 aromatic rings. The molecule has 2 atom stereocenters. The predicted octanol–water partition coefficient (Wildman–Crippen LogP) is 3.07. The average Bonchev–Trinajstić information content (AvgIpc) is 2.74. The topological polar surface area (TPSA) is 28.2 Å². The van der Waals surface area contributed by atoms with Gasteiger partial charge in [0.15, 0.2) is 0 Å². The molecule has 1 fully saturated rings. The number of aromatic nitrogens is 1. The Morgan fingerprint density at radius 2 is 2.37 bits per heavy atom. The molecule has 3 rings (SSSR count). The molecule has 1 saturated heterocycles. The van der Waals surface area contributed by atoms with Gasteiger partial charge in [0, 0.05) is 25.2 Å². The number of nitrogens with zero attached hydrogens (tertiary/aromatic N) is 2. The van der Waals surface area contributed by atoms with Gasteiger partial charge in [0.05, 0.1) is 4.47 Å². The van der Waals surface area contributed by atoms with Crippen LogP contribution in [0.2, 0.25) is 0 Å². The smallest absolute Gasteiger partial charge is 0.133 e. The van der Waals surface area contributed by atoms with Crippen molar-refractivity contribution in [3.8, 4) is 0 Å². The molecule has 0 aromatic carbocycles. The van der Waals surface area contributed by atoms with E-state index in [1.807, 2.05) is 11.8 Å². The van der Waals surface area contributed by atoms with E-state index in [2.05, 4.69) is 46.1 Å². The minimum absolute atomic E-state index is 0.540. The third kappa shape index (κ3) is 2.52. The summed E-state index contributed by atoms with van der Waals surface area (Å²) in [6, 6.07) is 3.41. The Kier molecular flexibility index (Phi) is 4.06. The monoisotopic (exact) mass is 341 g/mol. The van der Waals surface area contributed by atoms with Crippen molar-refractivity contribution < 1.29 is 0 Å². The molecule has 104 valence electrons. The van der Waals surface area contributed by atoms with Crippen LogP contribution in [0.25, 0.3) is 0 Å². The Bertz CT molecular complexity index is 480. The molecule has 3 nitrogen and oxygen atoms in total. The first-order valence-electron chi connectivity index (χ1n) is 7.02. The van der Waals surface area contributed by atoms with Crippen molar-refractivity contribution in [2.45, 2.75) is 43.8 Å². The number of rotatable bonds is 3. The molecule has 1 aromatic heterocycles. The first kappa shape index (κ1) is 13.7. The molecule has 19 heavy (non-hydrogen) atoms. The number of hydrogen-bond acceptors (Lipinski definition) is 4. The molecule has 5 heteroatoms. The highest BCUT2D eigenvalue weighted by atomic mass is 79.9. The second-order valence-corrected chi connectivity index (χ2v) is 7.32. The normalized spacial score (nSPS) is 25.3. The van der Waals surface area contributed by atoms with Gasteiger partial charge in [-0.05, 0) is 53.1 Å². The molecule has 1 N–H and O–H groups in total. The second-order valence-electron chi connectivity index (χ2n) is 5.38. The van der Waals surface area contributed by atoms with E-state index in [9.17, 15) is 0 Å². The molecule has 0 aliphatic carbocycles. The van der Waals surface area contributed by atoms with Gasteiger partial charge in [-0.2, -0.15) is 0 Å². The average molecular weight is 342 g/mol. The lowest BCUT2D eigenvalue weighted by Gasteiger charge is -2.37. The zero-order valence-electron chi connectivity index (χ0n) is 11.4. The maximum Gasteiger partial charge on any atom is 0.133 e. The molecule has 0 amide bonds. The largest absolute Gasteiger partial charge is 0.348 e. The lowest BCUT2D eigenvalue weighted by molar-refractivity contribution is 0.427. The number of pyridine rings is 1. The summed E-state index contributed by atoms with van der Waals surface area (Å²) in [5.74, 6) is 2.35. The number of piperazine rings is 1. The lowest BCUT2D eigenvalue weighted by Crippen LogP contribution is -2.55. The van der Waals surface area contributed by atoms with E-state index < -0.39 is 0 Å². The fraction of sp³-hybridized carbons (Fsp3) is 0.643. The Hall–Kier alpha value is -0.260. The van der Waals surface area contributed by atoms with Gasteiger partial charge in [-0.25, -0.2) is 4.98 Å². The fourth-order valence-corrected chi connectivity index (χ4v) is 4.45. The van der Waals surface area contributed by atoms with Gasteiger partial charge < -0.3 is 10.2 Å². The van der Waals surface area contributed by atoms with Gasteiger partial charge in [-0.1, -0.05) is 6.92 Å². The number of halogens is 1. The third-order valence-electron chi connectivity index (χ3n) is 3.83.